The van der Waals surface area contributed by atoms with Gasteiger partial charge in [-0.15, -0.1) is 0 Å². The third kappa shape index (κ3) is 5.42. The number of ether oxygens (including phenoxy) is 1. The van der Waals surface area contributed by atoms with Gasteiger partial charge in [-0.05, 0) is 20.8 Å². The second kappa shape index (κ2) is 6.45. The number of hydrogen-bond donors (Lipinski definition) is 1. The molecule has 15 heavy (non-hydrogen) atoms. The summed E-state index contributed by atoms with van der Waals surface area (Å²) in [5.41, 5.74) is 0.911. The maximum atomic E-state index is 11.7. The van der Waals surface area contributed by atoms with Crippen LogP contribution in [0.15, 0.2) is 12.3 Å². The molecule has 4 heteroatoms. The largest absolute Gasteiger partial charge is 0.375 e. The zero-order valence-corrected chi connectivity index (χ0v) is 10.3. The summed E-state index contributed by atoms with van der Waals surface area (Å²) in [4.78, 5) is 13.5. The third-order valence-electron chi connectivity index (χ3n) is 2.10. The van der Waals surface area contributed by atoms with Gasteiger partial charge in [0, 0.05) is 25.9 Å². The molecule has 1 atom stereocenters. The average Bonchev–Trinajstić information content (AvgIpc) is 2.11. The average molecular weight is 214 g/mol. The van der Waals surface area contributed by atoms with Crippen molar-refractivity contribution in [2.24, 2.45) is 0 Å². The molecular weight excluding hydrogens is 192 g/mol. The number of carbonyl (C=O) groups is 1. The molecule has 0 radical (unpaired) electrons. The lowest BCUT2D eigenvalue weighted by molar-refractivity contribution is -0.132. The van der Waals surface area contributed by atoms with Gasteiger partial charge < -0.3 is 15.0 Å². The van der Waals surface area contributed by atoms with Crippen molar-refractivity contribution >= 4 is 5.91 Å². The SMILES string of the molecule is C=C(C)N(C)CC(OC)C(=O)NC(C)C. The van der Waals surface area contributed by atoms with E-state index in [0.717, 1.165) is 5.70 Å². The minimum absolute atomic E-state index is 0.0828. The van der Waals surface area contributed by atoms with Gasteiger partial charge in [0.25, 0.3) is 5.91 Å². The minimum Gasteiger partial charge on any atom is -0.375 e. The highest BCUT2D eigenvalue weighted by Crippen LogP contribution is 2.01. The monoisotopic (exact) mass is 214 g/mol. The van der Waals surface area contributed by atoms with Crippen LogP contribution in [0.1, 0.15) is 20.8 Å². The quantitative estimate of drug-likeness (QED) is 0.717. The fourth-order valence-corrected chi connectivity index (χ4v) is 1.05. The number of methoxy groups -OCH3 is 1. The second-order valence-electron chi connectivity index (χ2n) is 4.00. The highest BCUT2D eigenvalue weighted by molar-refractivity contribution is 5.81. The molecule has 0 bridgehead atoms. The van der Waals surface area contributed by atoms with Gasteiger partial charge in [0.05, 0.1) is 6.54 Å². The zero-order valence-electron chi connectivity index (χ0n) is 10.3. The van der Waals surface area contributed by atoms with Crippen molar-refractivity contribution in [2.75, 3.05) is 20.7 Å². The van der Waals surface area contributed by atoms with E-state index in [4.69, 9.17) is 4.74 Å². The van der Waals surface area contributed by atoms with Crippen LogP contribution in [0.3, 0.4) is 0 Å². The van der Waals surface area contributed by atoms with Crippen LogP contribution in [0.5, 0.6) is 0 Å². The molecular formula is C11H22N2O2. The van der Waals surface area contributed by atoms with E-state index >= 15 is 0 Å². The van der Waals surface area contributed by atoms with Crippen LogP contribution < -0.4 is 5.32 Å². The lowest BCUT2D eigenvalue weighted by Gasteiger charge is -2.24. The van der Waals surface area contributed by atoms with Gasteiger partial charge in [-0.2, -0.15) is 0 Å². The lowest BCUT2D eigenvalue weighted by atomic mass is 10.2. The zero-order chi connectivity index (χ0) is 12.0. The van der Waals surface area contributed by atoms with Crippen molar-refractivity contribution in [1.29, 1.82) is 0 Å². The number of rotatable bonds is 6. The maximum absolute atomic E-state index is 11.7. The van der Waals surface area contributed by atoms with Crippen LogP contribution in [0.2, 0.25) is 0 Å². The first-order valence-electron chi connectivity index (χ1n) is 5.08. The molecule has 1 N–H and O–H groups in total. The standard InChI is InChI=1S/C11H22N2O2/c1-8(2)12-11(14)10(15-6)7-13(5)9(3)4/h8,10H,3,7H2,1-2,4-6H3,(H,12,14). The van der Waals surface area contributed by atoms with Gasteiger partial charge in [-0.25, -0.2) is 0 Å². The van der Waals surface area contributed by atoms with E-state index in [2.05, 4.69) is 11.9 Å². The summed E-state index contributed by atoms with van der Waals surface area (Å²) in [7, 11) is 3.42. The topological polar surface area (TPSA) is 41.6 Å². The van der Waals surface area contributed by atoms with Crippen LogP contribution in [0.25, 0.3) is 0 Å². The molecule has 0 aliphatic heterocycles. The van der Waals surface area contributed by atoms with Gasteiger partial charge in [0.15, 0.2) is 6.10 Å². The molecule has 0 fully saturated rings. The fraction of sp³-hybridized carbons (Fsp3) is 0.727. The molecule has 4 nitrogen and oxygen atoms in total. The summed E-state index contributed by atoms with van der Waals surface area (Å²) >= 11 is 0. The van der Waals surface area contributed by atoms with E-state index in [1.807, 2.05) is 32.7 Å². The Morgan fingerprint density at radius 3 is 2.40 bits per heavy atom. The predicted octanol–water partition coefficient (Wildman–Crippen LogP) is 0.991. The van der Waals surface area contributed by atoms with Gasteiger partial charge in [0.1, 0.15) is 0 Å². The number of likely N-dealkylation sites (N-methyl/N-ethyl adjacent to an activating group) is 1. The Hall–Kier alpha value is -1.03. The molecule has 0 saturated carbocycles. The molecule has 0 saturated heterocycles. The summed E-state index contributed by atoms with van der Waals surface area (Å²) in [6.45, 7) is 10.1. The Bertz CT molecular complexity index is 227. The molecule has 0 rings (SSSR count). The minimum atomic E-state index is -0.450. The van der Waals surface area contributed by atoms with Gasteiger partial charge in [-0.1, -0.05) is 6.58 Å². The summed E-state index contributed by atoms with van der Waals surface area (Å²) in [5, 5.41) is 2.82. The number of amides is 1. The van der Waals surface area contributed by atoms with E-state index in [1.54, 1.807) is 0 Å². The molecule has 0 aromatic carbocycles. The molecule has 1 unspecified atom stereocenters. The Balaban J connectivity index is 4.24. The smallest absolute Gasteiger partial charge is 0.251 e. The first-order valence-corrected chi connectivity index (χ1v) is 5.08. The van der Waals surface area contributed by atoms with Crippen LogP contribution >= 0.6 is 0 Å². The van der Waals surface area contributed by atoms with Crippen LogP contribution in [-0.2, 0) is 9.53 Å². The van der Waals surface area contributed by atoms with Gasteiger partial charge in [0.2, 0.25) is 0 Å². The van der Waals surface area contributed by atoms with Crippen LogP contribution in [-0.4, -0.2) is 43.7 Å². The molecule has 0 spiro atoms. The van der Waals surface area contributed by atoms with Crippen molar-refractivity contribution in [3.8, 4) is 0 Å². The lowest BCUT2D eigenvalue weighted by Crippen LogP contribution is -2.44. The molecule has 0 aromatic rings. The molecule has 1 amide bonds. The van der Waals surface area contributed by atoms with Gasteiger partial charge in [-0.3, -0.25) is 4.79 Å². The van der Waals surface area contributed by atoms with Crippen LogP contribution in [0.4, 0.5) is 0 Å². The summed E-state index contributed by atoms with van der Waals surface area (Å²) in [6, 6.07) is 0.130. The predicted molar refractivity (Wildman–Crippen MR) is 61.5 cm³/mol. The number of hydrogen-bond acceptors (Lipinski definition) is 3. The Labute approximate surface area is 92.3 Å². The third-order valence-corrected chi connectivity index (χ3v) is 2.10. The van der Waals surface area contributed by atoms with Crippen molar-refractivity contribution in [2.45, 2.75) is 32.9 Å². The van der Waals surface area contributed by atoms with E-state index < -0.39 is 6.10 Å². The normalized spacial score (nSPS) is 12.4. The highest BCUT2D eigenvalue weighted by atomic mass is 16.5. The van der Waals surface area contributed by atoms with Crippen LogP contribution in [0, 0.1) is 0 Å². The van der Waals surface area contributed by atoms with Crippen molar-refractivity contribution in [3.05, 3.63) is 12.3 Å². The summed E-state index contributed by atoms with van der Waals surface area (Å²) in [6.07, 6.45) is -0.450. The molecule has 0 heterocycles. The van der Waals surface area contributed by atoms with E-state index in [9.17, 15) is 4.79 Å². The molecule has 88 valence electrons. The highest BCUT2D eigenvalue weighted by Gasteiger charge is 2.19. The van der Waals surface area contributed by atoms with Crippen molar-refractivity contribution in [1.82, 2.24) is 10.2 Å². The number of allylic oxidation sites excluding steroid dienone is 1. The Kier molecular flexibility index (Phi) is 6.01. The van der Waals surface area contributed by atoms with Crippen molar-refractivity contribution in [3.63, 3.8) is 0 Å². The first-order chi connectivity index (χ1) is 6.88. The van der Waals surface area contributed by atoms with Crippen molar-refractivity contribution < 1.29 is 9.53 Å². The number of nitrogens with one attached hydrogen (secondary N) is 1. The van der Waals surface area contributed by atoms with E-state index in [-0.39, 0.29) is 11.9 Å². The van der Waals surface area contributed by atoms with E-state index in [0.29, 0.717) is 6.54 Å². The number of nitrogens with zero attached hydrogens (tertiary/aromatic N) is 1. The summed E-state index contributed by atoms with van der Waals surface area (Å²) < 4.78 is 5.14. The van der Waals surface area contributed by atoms with E-state index in [1.165, 1.54) is 7.11 Å². The first kappa shape index (κ1) is 14.0. The molecule has 0 aromatic heterocycles. The van der Waals surface area contributed by atoms with Gasteiger partial charge >= 0.3 is 0 Å². The Morgan fingerprint density at radius 2 is 2.07 bits per heavy atom. The second-order valence-corrected chi connectivity index (χ2v) is 4.00. The Morgan fingerprint density at radius 1 is 1.53 bits per heavy atom. The summed E-state index contributed by atoms with van der Waals surface area (Å²) in [5.74, 6) is -0.0828. The maximum Gasteiger partial charge on any atom is 0.251 e. The molecule has 0 aliphatic carbocycles. The number of carbonyl (C=O) groups excluding carboxylic acids is 1. The fourth-order valence-electron chi connectivity index (χ4n) is 1.05. The molecule has 0 aliphatic rings.